The second-order valence-corrected chi connectivity index (χ2v) is 7.76. The maximum atomic E-state index is 12.9. The van der Waals surface area contributed by atoms with E-state index in [1.165, 1.54) is 0 Å². The lowest BCUT2D eigenvalue weighted by Gasteiger charge is -2.15. The predicted molar refractivity (Wildman–Crippen MR) is 117 cm³/mol. The van der Waals surface area contributed by atoms with E-state index in [9.17, 15) is 9.59 Å². The van der Waals surface area contributed by atoms with Gasteiger partial charge in [0, 0.05) is 43.9 Å². The van der Waals surface area contributed by atoms with Crippen LogP contribution in [0.3, 0.4) is 0 Å². The van der Waals surface area contributed by atoms with E-state index in [1.54, 1.807) is 24.0 Å². The fourth-order valence-electron chi connectivity index (χ4n) is 4.09. The van der Waals surface area contributed by atoms with Gasteiger partial charge >= 0.3 is 0 Å². The number of hydrogen-bond acceptors (Lipinski definition) is 4. The first kappa shape index (κ1) is 20.7. The van der Waals surface area contributed by atoms with Gasteiger partial charge in [-0.2, -0.15) is 5.10 Å². The van der Waals surface area contributed by atoms with Crippen LogP contribution in [0.4, 0.5) is 0 Å². The molecule has 7 nitrogen and oxygen atoms in total. The second-order valence-electron chi connectivity index (χ2n) is 7.76. The summed E-state index contributed by atoms with van der Waals surface area (Å²) in [6, 6.07) is 13.5. The molecule has 2 atom stereocenters. The highest BCUT2D eigenvalue weighted by Crippen LogP contribution is 2.44. The zero-order chi connectivity index (χ0) is 22.0. The largest absolute Gasteiger partial charge is 0.489 e. The van der Waals surface area contributed by atoms with Gasteiger partial charge in [0.15, 0.2) is 0 Å². The van der Waals surface area contributed by atoms with Gasteiger partial charge in [-0.05, 0) is 36.6 Å². The molecule has 0 radical (unpaired) electrons. The molecule has 160 valence electrons. The summed E-state index contributed by atoms with van der Waals surface area (Å²) in [7, 11) is 3.43. The number of ether oxygens (including phenoxy) is 1. The molecule has 4 rings (SSSR count). The topological polar surface area (TPSA) is 85.3 Å². The van der Waals surface area contributed by atoms with E-state index in [4.69, 9.17) is 4.74 Å². The Hall–Kier alpha value is -3.61. The highest BCUT2D eigenvalue weighted by atomic mass is 16.5. The van der Waals surface area contributed by atoms with Gasteiger partial charge in [0.2, 0.25) is 0 Å². The number of nitrogens with zero attached hydrogens (tertiary/aromatic N) is 2. The van der Waals surface area contributed by atoms with E-state index in [0.717, 1.165) is 16.7 Å². The highest BCUT2D eigenvalue weighted by Gasteiger charge is 2.36. The van der Waals surface area contributed by atoms with Crippen molar-refractivity contribution in [3.05, 3.63) is 82.7 Å². The zero-order valence-electron chi connectivity index (χ0n) is 17.9. The number of aromatic nitrogens is 2. The lowest BCUT2D eigenvalue weighted by Crippen LogP contribution is -2.26. The van der Waals surface area contributed by atoms with Crippen molar-refractivity contribution in [2.75, 3.05) is 13.6 Å². The SMILES string of the molecule is CNC(=O)c1cc(C(=O)NCCc2cnn(C)c2)cc2c1O[C@@H](C)C2c1ccccc1. The Morgan fingerprint density at radius 2 is 1.94 bits per heavy atom. The minimum Gasteiger partial charge on any atom is -0.489 e. The molecule has 2 aromatic carbocycles. The fourth-order valence-corrected chi connectivity index (χ4v) is 4.09. The average Bonchev–Trinajstić information content (AvgIpc) is 3.34. The van der Waals surface area contributed by atoms with Crippen LogP contribution in [-0.2, 0) is 13.5 Å². The third kappa shape index (κ3) is 4.17. The van der Waals surface area contributed by atoms with Gasteiger partial charge in [-0.15, -0.1) is 0 Å². The van der Waals surface area contributed by atoms with Crippen molar-refractivity contribution in [1.29, 1.82) is 0 Å². The molecule has 0 bridgehead atoms. The van der Waals surface area contributed by atoms with Gasteiger partial charge in [-0.25, -0.2) is 0 Å². The number of amides is 2. The summed E-state index contributed by atoms with van der Waals surface area (Å²) in [5, 5.41) is 9.75. The van der Waals surface area contributed by atoms with Crippen molar-refractivity contribution in [2.24, 2.45) is 7.05 Å². The van der Waals surface area contributed by atoms with Gasteiger partial charge in [0.1, 0.15) is 11.9 Å². The Kier molecular flexibility index (Phi) is 5.75. The number of rotatable bonds is 6. The number of carbonyl (C=O) groups excluding carboxylic acids is 2. The van der Waals surface area contributed by atoms with Crippen molar-refractivity contribution in [2.45, 2.75) is 25.4 Å². The molecule has 0 saturated carbocycles. The van der Waals surface area contributed by atoms with Crippen LogP contribution in [0.1, 0.15) is 50.2 Å². The molecule has 0 saturated heterocycles. The van der Waals surface area contributed by atoms with Crippen LogP contribution in [0, 0.1) is 0 Å². The Labute approximate surface area is 181 Å². The van der Waals surface area contributed by atoms with E-state index >= 15 is 0 Å². The van der Waals surface area contributed by atoms with Crippen molar-refractivity contribution in [3.8, 4) is 5.75 Å². The molecule has 1 aromatic heterocycles. The second kappa shape index (κ2) is 8.63. The summed E-state index contributed by atoms with van der Waals surface area (Å²) in [6.45, 7) is 2.46. The minimum absolute atomic E-state index is 0.0530. The van der Waals surface area contributed by atoms with Gasteiger partial charge < -0.3 is 15.4 Å². The number of benzene rings is 2. The lowest BCUT2D eigenvalue weighted by atomic mass is 9.87. The molecule has 0 aliphatic carbocycles. The molecule has 7 heteroatoms. The third-order valence-electron chi connectivity index (χ3n) is 5.58. The Balaban J connectivity index is 1.63. The summed E-state index contributed by atoms with van der Waals surface area (Å²) >= 11 is 0. The summed E-state index contributed by atoms with van der Waals surface area (Å²) in [5.41, 5.74) is 3.82. The molecule has 1 aliphatic rings. The van der Waals surface area contributed by atoms with Crippen LogP contribution in [0.25, 0.3) is 0 Å². The van der Waals surface area contributed by atoms with Gasteiger partial charge in [-0.1, -0.05) is 30.3 Å². The maximum Gasteiger partial charge on any atom is 0.254 e. The first-order valence-corrected chi connectivity index (χ1v) is 10.3. The monoisotopic (exact) mass is 418 g/mol. The van der Waals surface area contributed by atoms with Crippen molar-refractivity contribution >= 4 is 11.8 Å². The Bertz CT molecular complexity index is 1110. The molecular weight excluding hydrogens is 392 g/mol. The molecule has 0 fully saturated rings. The van der Waals surface area contributed by atoms with Crippen LogP contribution >= 0.6 is 0 Å². The number of carbonyl (C=O) groups is 2. The lowest BCUT2D eigenvalue weighted by molar-refractivity contribution is 0.0954. The van der Waals surface area contributed by atoms with E-state index in [2.05, 4.69) is 15.7 Å². The number of nitrogens with one attached hydrogen (secondary N) is 2. The number of fused-ring (bicyclic) bond motifs is 1. The van der Waals surface area contributed by atoms with Gasteiger partial charge in [0.25, 0.3) is 11.8 Å². The van der Waals surface area contributed by atoms with Gasteiger partial charge in [0.05, 0.1) is 11.8 Å². The third-order valence-corrected chi connectivity index (χ3v) is 5.58. The van der Waals surface area contributed by atoms with Crippen LogP contribution in [0.15, 0.2) is 54.9 Å². The van der Waals surface area contributed by atoms with Crippen LogP contribution in [-0.4, -0.2) is 41.3 Å². The number of hydrogen-bond donors (Lipinski definition) is 2. The fraction of sp³-hybridized carbons (Fsp3) is 0.292. The predicted octanol–water partition coefficient (Wildman–Crippen LogP) is 2.67. The normalized spacial score (nSPS) is 17.0. The molecule has 2 heterocycles. The molecule has 3 aromatic rings. The Morgan fingerprint density at radius 3 is 2.61 bits per heavy atom. The van der Waals surface area contributed by atoms with Gasteiger partial charge in [-0.3, -0.25) is 14.3 Å². The summed E-state index contributed by atoms with van der Waals surface area (Å²) < 4.78 is 7.84. The van der Waals surface area contributed by atoms with Crippen LogP contribution in [0.5, 0.6) is 5.75 Å². The zero-order valence-corrected chi connectivity index (χ0v) is 17.9. The van der Waals surface area contributed by atoms with Crippen molar-refractivity contribution in [3.63, 3.8) is 0 Å². The van der Waals surface area contributed by atoms with Crippen molar-refractivity contribution in [1.82, 2.24) is 20.4 Å². The van der Waals surface area contributed by atoms with E-state index in [-0.39, 0.29) is 23.8 Å². The quantitative estimate of drug-likeness (QED) is 0.645. The first-order chi connectivity index (χ1) is 15.0. The molecule has 2 amide bonds. The minimum atomic E-state index is -0.276. The summed E-state index contributed by atoms with van der Waals surface area (Å²) in [4.78, 5) is 25.5. The van der Waals surface area contributed by atoms with Crippen molar-refractivity contribution < 1.29 is 14.3 Å². The van der Waals surface area contributed by atoms with E-state index in [0.29, 0.717) is 29.8 Å². The summed E-state index contributed by atoms with van der Waals surface area (Å²) in [5.74, 6) is 0.000687. The van der Waals surface area contributed by atoms with E-state index < -0.39 is 0 Å². The molecule has 1 unspecified atom stereocenters. The molecular formula is C24H26N4O3. The summed E-state index contributed by atoms with van der Waals surface area (Å²) in [6.07, 6.45) is 4.24. The van der Waals surface area contributed by atoms with Crippen LogP contribution in [0.2, 0.25) is 0 Å². The molecule has 1 aliphatic heterocycles. The maximum absolute atomic E-state index is 12.9. The smallest absolute Gasteiger partial charge is 0.254 e. The standard InChI is InChI=1S/C24H26N4O3/c1-15-21(17-7-5-4-6-8-17)19-11-18(12-20(22(19)31-15)24(30)25-2)23(29)26-10-9-16-13-27-28(3)14-16/h4-8,11-15,21H,9-10H2,1-3H3,(H,25,30)(H,26,29)/t15-,21?/m0/s1. The molecule has 2 N–H and O–H groups in total. The number of aryl methyl sites for hydroxylation is 1. The molecule has 31 heavy (non-hydrogen) atoms. The highest BCUT2D eigenvalue weighted by molar-refractivity contribution is 6.02. The van der Waals surface area contributed by atoms with E-state index in [1.807, 2.05) is 56.6 Å². The molecule has 0 spiro atoms. The Morgan fingerprint density at radius 1 is 1.16 bits per heavy atom. The first-order valence-electron chi connectivity index (χ1n) is 10.3. The average molecular weight is 418 g/mol. The van der Waals surface area contributed by atoms with Crippen LogP contribution < -0.4 is 15.4 Å².